The van der Waals surface area contributed by atoms with E-state index in [1.165, 1.54) is 44.2 Å². The second-order valence-corrected chi connectivity index (χ2v) is 10.5. The number of benzene rings is 1. The molecule has 0 spiro atoms. The minimum atomic E-state index is 0.380. The fourth-order valence-electron chi connectivity index (χ4n) is 6.28. The van der Waals surface area contributed by atoms with E-state index in [2.05, 4.69) is 67.0 Å². The zero-order chi connectivity index (χ0) is 17.8. The molecule has 1 heteroatoms. The van der Waals surface area contributed by atoms with Gasteiger partial charge in [-0.05, 0) is 59.6 Å². The fourth-order valence-corrected chi connectivity index (χ4v) is 6.28. The van der Waals surface area contributed by atoms with E-state index in [0.29, 0.717) is 16.7 Å². The zero-order valence-electron chi connectivity index (χ0n) is 17.1. The van der Waals surface area contributed by atoms with Crippen LogP contribution in [-0.4, -0.2) is 32.2 Å². The Morgan fingerprint density at radius 1 is 1.12 bits per heavy atom. The van der Waals surface area contributed by atoms with E-state index in [1.807, 2.05) is 0 Å². The standard InChI is InChI=1S/C23H38N/c1-17(2)18-9-11-20-19(15-18)10-12-21-22(3,16-24(5,6)7)13-8-14-23(20,21)4/h9,11,15,17,21H,8,10,12-14,16H2,1-7H3/q+1/t21-,22-,23-/m1/s1. The number of nitrogens with zero attached hydrogens (tertiary/aromatic N) is 1. The van der Waals surface area contributed by atoms with Crippen molar-refractivity contribution in [2.75, 3.05) is 27.7 Å². The molecule has 0 aromatic heterocycles. The Labute approximate surface area is 150 Å². The molecule has 3 atom stereocenters. The van der Waals surface area contributed by atoms with Gasteiger partial charge in [-0.2, -0.15) is 0 Å². The van der Waals surface area contributed by atoms with Gasteiger partial charge in [-0.3, -0.25) is 0 Å². The summed E-state index contributed by atoms with van der Waals surface area (Å²) in [5, 5.41) is 0. The minimum absolute atomic E-state index is 0.380. The summed E-state index contributed by atoms with van der Waals surface area (Å²) in [6.07, 6.45) is 6.82. The first-order valence-corrected chi connectivity index (χ1v) is 9.99. The van der Waals surface area contributed by atoms with E-state index in [0.717, 1.165) is 10.4 Å². The molecule has 3 rings (SSSR count). The van der Waals surface area contributed by atoms with Crippen LogP contribution in [0.2, 0.25) is 0 Å². The molecule has 0 N–H and O–H groups in total. The Morgan fingerprint density at radius 2 is 1.83 bits per heavy atom. The van der Waals surface area contributed by atoms with Gasteiger partial charge in [-0.25, -0.2) is 0 Å². The van der Waals surface area contributed by atoms with E-state index >= 15 is 0 Å². The molecular weight excluding hydrogens is 290 g/mol. The van der Waals surface area contributed by atoms with Crippen LogP contribution in [-0.2, 0) is 11.8 Å². The van der Waals surface area contributed by atoms with Crippen LogP contribution in [0, 0.1) is 11.3 Å². The maximum Gasteiger partial charge on any atom is 0.0837 e. The molecule has 0 aliphatic heterocycles. The highest BCUT2D eigenvalue weighted by Crippen LogP contribution is 2.57. The molecule has 0 unspecified atom stereocenters. The van der Waals surface area contributed by atoms with Gasteiger partial charge in [0.1, 0.15) is 0 Å². The van der Waals surface area contributed by atoms with Gasteiger partial charge >= 0.3 is 0 Å². The van der Waals surface area contributed by atoms with Crippen LogP contribution in [0.4, 0.5) is 0 Å². The molecule has 2 aliphatic carbocycles. The highest BCUT2D eigenvalue weighted by atomic mass is 15.3. The Bertz CT molecular complexity index is 609. The van der Waals surface area contributed by atoms with Crippen molar-refractivity contribution < 1.29 is 4.48 Å². The SMILES string of the molecule is CC(C)c1ccc2c(c1)CC[C@@H]1[C@@](C)(C[N+](C)(C)C)CCC[C@]21C. The van der Waals surface area contributed by atoms with E-state index in [-0.39, 0.29) is 0 Å². The predicted octanol–water partition coefficient (Wildman–Crippen LogP) is 5.53. The number of aryl methyl sites for hydroxylation is 1. The van der Waals surface area contributed by atoms with Crippen molar-refractivity contribution in [3.8, 4) is 0 Å². The van der Waals surface area contributed by atoms with Crippen LogP contribution >= 0.6 is 0 Å². The van der Waals surface area contributed by atoms with Crippen molar-refractivity contribution in [1.82, 2.24) is 0 Å². The van der Waals surface area contributed by atoms with Crippen LogP contribution in [0.25, 0.3) is 0 Å². The first kappa shape index (κ1) is 18.0. The van der Waals surface area contributed by atoms with Crippen molar-refractivity contribution in [3.63, 3.8) is 0 Å². The van der Waals surface area contributed by atoms with Gasteiger partial charge in [-0.15, -0.1) is 0 Å². The third-order valence-corrected chi connectivity index (χ3v) is 7.00. The van der Waals surface area contributed by atoms with Crippen LogP contribution < -0.4 is 0 Å². The molecule has 24 heavy (non-hydrogen) atoms. The van der Waals surface area contributed by atoms with Crippen LogP contribution in [0.15, 0.2) is 18.2 Å². The highest BCUT2D eigenvalue weighted by Gasteiger charge is 2.53. The molecule has 0 bridgehead atoms. The number of fused-ring (bicyclic) bond motifs is 3. The second kappa shape index (κ2) is 5.87. The van der Waals surface area contributed by atoms with Crippen molar-refractivity contribution in [3.05, 3.63) is 34.9 Å². The fraction of sp³-hybridized carbons (Fsp3) is 0.739. The summed E-state index contributed by atoms with van der Waals surface area (Å²) >= 11 is 0. The summed E-state index contributed by atoms with van der Waals surface area (Å²) in [5.41, 5.74) is 5.69. The Hall–Kier alpha value is -0.820. The number of hydrogen-bond donors (Lipinski definition) is 0. The molecule has 1 aromatic rings. The van der Waals surface area contributed by atoms with E-state index in [9.17, 15) is 0 Å². The molecule has 1 nitrogen and oxygen atoms in total. The molecule has 0 amide bonds. The topological polar surface area (TPSA) is 0 Å². The van der Waals surface area contributed by atoms with Crippen molar-refractivity contribution >= 4 is 0 Å². The number of quaternary nitrogens is 1. The van der Waals surface area contributed by atoms with Crippen LogP contribution in [0.3, 0.4) is 0 Å². The van der Waals surface area contributed by atoms with Gasteiger partial charge in [0.15, 0.2) is 0 Å². The van der Waals surface area contributed by atoms with Gasteiger partial charge in [0.05, 0.1) is 27.7 Å². The van der Waals surface area contributed by atoms with Crippen molar-refractivity contribution in [2.24, 2.45) is 11.3 Å². The lowest BCUT2D eigenvalue weighted by Gasteiger charge is -2.56. The Balaban J connectivity index is 2.00. The lowest BCUT2D eigenvalue weighted by atomic mass is 9.49. The molecule has 0 saturated heterocycles. The average Bonchev–Trinajstić information content (AvgIpc) is 2.44. The summed E-state index contributed by atoms with van der Waals surface area (Å²) in [6.45, 7) is 11.1. The lowest BCUT2D eigenvalue weighted by Crippen LogP contribution is -2.55. The largest absolute Gasteiger partial charge is 0.330 e. The molecule has 0 radical (unpaired) electrons. The van der Waals surface area contributed by atoms with Crippen molar-refractivity contribution in [2.45, 2.75) is 71.1 Å². The van der Waals surface area contributed by atoms with Gasteiger partial charge in [0, 0.05) is 5.41 Å². The summed E-state index contributed by atoms with van der Waals surface area (Å²) < 4.78 is 1.09. The van der Waals surface area contributed by atoms with Crippen LogP contribution in [0.5, 0.6) is 0 Å². The molecule has 0 heterocycles. The molecular formula is C23H38N+. The minimum Gasteiger partial charge on any atom is -0.330 e. The third-order valence-electron chi connectivity index (χ3n) is 7.00. The third kappa shape index (κ3) is 3.05. The lowest BCUT2D eigenvalue weighted by molar-refractivity contribution is -0.878. The smallest absolute Gasteiger partial charge is 0.0837 e. The molecule has 1 fully saturated rings. The zero-order valence-corrected chi connectivity index (χ0v) is 17.1. The maximum absolute atomic E-state index is 2.59. The van der Waals surface area contributed by atoms with Crippen LogP contribution in [0.1, 0.15) is 76.0 Å². The molecule has 134 valence electrons. The first-order valence-electron chi connectivity index (χ1n) is 9.99. The van der Waals surface area contributed by atoms with E-state index in [4.69, 9.17) is 0 Å². The summed E-state index contributed by atoms with van der Waals surface area (Å²) in [7, 11) is 7.09. The predicted molar refractivity (Wildman–Crippen MR) is 105 cm³/mol. The summed E-state index contributed by atoms with van der Waals surface area (Å²) in [5.74, 6) is 1.46. The van der Waals surface area contributed by atoms with E-state index < -0.39 is 0 Å². The summed E-state index contributed by atoms with van der Waals surface area (Å²) in [6, 6.07) is 7.42. The molecule has 1 saturated carbocycles. The Morgan fingerprint density at radius 3 is 2.46 bits per heavy atom. The van der Waals surface area contributed by atoms with Crippen molar-refractivity contribution in [1.29, 1.82) is 0 Å². The summed E-state index contributed by atoms with van der Waals surface area (Å²) in [4.78, 5) is 0. The van der Waals surface area contributed by atoms with E-state index in [1.54, 1.807) is 11.1 Å². The van der Waals surface area contributed by atoms with Gasteiger partial charge < -0.3 is 4.48 Å². The normalized spacial score (nSPS) is 33.2. The van der Waals surface area contributed by atoms with Gasteiger partial charge in [0.2, 0.25) is 0 Å². The number of hydrogen-bond acceptors (Lipinski definition) is 0. The monoisotopic (exact) mass is 328 g/mol. The molecule has 2 aliphatic rings. The molecule has 1 aromatic carbocycles. The Kier molecular flexibility index (Phi) is 4.40. The number of rotatable bonds is 3. The highest BCUT2D eigenvalue weighted by molar-refractivity contribution is 5.42. The quantitative estimate of drug-likeness (QED) is 0.640. The maximum atomic E-state index is 2.59. The van der Waals surface area contributed by atoms with Gasteiger partial charge in [0.25, 0.3) is 0 Å². The first-order chi connectivity index (χ1) is 11.1. The second-order valence-electron chi connectivity index (χ2n) is 10.5. The van der Waals surface area contributed by atoms with Gasteiger partial charge in [-0.1, -0.05) is 52.3 Å². The average molecular weight is 329 g/mol.